The first-order valence-electron chi connectivity index (χ1n) is 3.66. The van der Waals surface area contributed by atoms with E-state index in [1.165, 1.54) is 10.8 Å². The maximum absolute atomic E-state index is 10.5. The number of aryl methyl sites for hydroxylation is 1. The number of imidazole rings is 1. The highest BCUT2D eigenvalue weighted by atomic mass is 16.3. The zero-order valence-corrected chi connectivity index (χ0v) is 7.08. The Kier molecular flexibility index (Phi) is 2.64. The zero-order valence-electron chi connectivity index (χ0n) is 7.08. The fourth-order valence-corrected chi connectivity index (χ4v) is 0.959. The summed E-state index contributed by atoms with van der Waals surface area (Å²) in [5.74, 6) is -0.776. The van der Waals surface area contributed by atoms with E-state index in [1.807, 2.05) is 0 Å². The Hall–Kier alpha value is -1.40. The molecule has 0 spiro atoms. The van der Waals surface area contributed by atoms with Gasteiger partial charge in [-0.05, 0) is 0 Å². The second-order valence-corrected chi connectivity index (χ2v) is 2.69. The fraction of sp³-hybridized carbons (Fsp3) is 0.429. The number of carbonyl (C=O) groups excluding carboxylic acids is 1. The maximum Gasteiger partial charge on any atom is 0.249 e. The van der Waals surface area contributed by atoms with Crippen LogP contribution in [0.2, 0.25) is 0 Å². The molecule has 0 fully saturated rings. The van der Waals surface area contributed by atoms with Crippen molar-refractivity contribution < 1.29 is 15.0 Å². The van der Waals surface area contributed by atoms with Gasteiger partial charge in [0.1, 0.15) is 11.9 Å². The van der Waals surface area contributed by atoms with Gasteiger partial charge in [0, 0.05) is 19.4 Å². The number of aliphatic hydroxyl groups excluding tert-OH is 2. The van der Waals surface area contributed by atoms with Gasteiger partial charge in [-0.25, -0.2) is 4.98 Å². The molecule has 6 nitrogen and oxygen atoms in total. The normalized spacial score (nSPS) is 15.3. The number of hydrogen-bond donors (Lipinski definition) is 3. The Morgan fingerprint density at radius 3 is 2.69 bits per heavy atom. The van der Waals surface area contributed by atoms with Crippen LogP contribution in [-0.2, 0) is 11.8 Å². The molecule has 4 N–H and O–H groups in total. The minimum atomic E-state index is -1.62. The molecule has 0 aliphatic rings. The lowest BCUT2D eigenvalue weighted by atomic mass is 10.2. The van der Waals surface area contributed by atoms with Gasteiger partial charge in [-0.15, -0.1) is 0 Å². The van der Waals surface area contributed by atoms with Gasteiger partial charge in [-0.3, -0.25) is 4.79 Å². The second-order valence-electron chi connectivity index (χ2n) is 2.69. The Labute approximate surface area is 74.6 Å². The van der Waals surface area contributed by atoms with E-state index in [0.717, 1.165) is 0 Å². The quantitative estimate of drug-likeness (QED) is 0.522. The highest BCUT2D eigenvalue weighted by Gasteiger charge is 2.26. The van der Waals surface area contributed by atoms with Crippen molar-refractivity contribution in [3.8, 4) is 0 Å². The molecule has 0 aliphatic heterocycles. The summed E-state index contributed by atoms with van der Waals surface area (Å²) in [6.45, 7) is 0. The van der Waals surface area contributed by atoms with Gasteiger partial charge in [0.25, 0.3) is 0 Å². The number of nitrogens with two attached hydrogens (primary N) is 1. The van der Waals surface area contributed by atoms with Crippen molar-refractivity contribution in [2.24, 2.45) is 12.8 Å². The summed E-state index contributed by atoms with van der Waals surface area (Å²) < 4.78 is 1.50. The number of nitrogens with zero attached hydrogens (tertiary/aromatic N) is 2. The van der Waals surface area contributed by atoms with Crippen LogP contribution in [0.4, 0.5) is 0 Å². The van der Waals surface area contributed by atoms with E-state index in [2.05, 4.69) is 4.98 Å². The largest absolute Gasteiger partial charge is 0.382 e. The summed E-state index contributed by atoms with van der Waals surface area (Å²) >= 11 is 0. The molecule has 0 radical (unpaired) electrons. The third-order valence-corrected chi connectivity index (χ3v) is 1.71. The van der Waals surface area contributed by atoms with E-state index < -0.39 is 18.1 Å². The van der Waals surface area contributed by atoms with Crippen LogP contribution in [0.5, 0.6) is 0 Å². The Morgan fingerprint density at radius 1 is 1.69 bits per heavy atom. The summed E-state index contributed by atoms with van der Waals surface area (Å²) in [4.78, 5) is 14.3. The van der Waals surface area contributed by atoms with E-state index >= 15 is 0 Å². The number of aromatic nitrogens is 2. The molecule has 0 bridgehead atoms. The maximum atomic E-state index is 10.5. The molecule has 0 aliphatic carbocycles. The number of amides is 1. The highest BCUT2D eigenvalue weighted by molar-refractivity contribution is 5.79. The Balaban J connectivity index is 2.85. The fourth-order valence-electron chi connectivity index (χ4n) is 0.959. The topological polar surface area (TPSA) is 101 Å². The number of hydrogen-bond acceptors (Lipinski definition) is 4. The number of rotatable bonds is 3. The van der Waals surface area contributed by atoms with Crippen molar-refractivity contribution in [1.82, 2.24) is 9.55 Å². The monoisotopic (exact) mass is 185 g/mol. The average Bonchev–Trinajstić information content (AvgIpc) is 2.48. The first-order chi connectivity index (χ1) is 6.04. The van der Waals surface area contributed by atoms with Crippen molar-refractivity contribution in [3.63, 3.8) is 0 Å². The van der Waals surface area contributed by atoms with Crippen molar-refractivity contribution in [3.05, 3.63) is 18.2 Å². The Morgan fingerprint density at radius 2 is 2.31 bits per heavy atom. The van der Waals surface area contributed by atoms with E-state index in [4.69, 9.17) is 10.8 Å². The molecule has 2 unspecified atom stereocenters. The molecule has 1 rings (SSSR count). The van der Waals surface area contributed by atoms with Crippen molar-refractivity contribution >= 4 is 5.91 Å². The summed E-state index contributed by atoms with van der Waals surface area (Å²) in [5.41, 5.74) is 4.81. The molecule has 1 amide bonds. The predicted octanol–water partition coefficient (Wildman–Crippen LogP) is -1.70. The van der Waals surface area contributed by atoms with Crippen LogP contribution >= 0.6 is 0 Å². The lowest BCUT2D eigenvalue weighted by Crippen LogP contribution is -2.34. The molecule has 1 heterocycles. The van der Waals surface area contributed by atoms with Crippen LogP contribution in [0.15, 0.2) is 12.4 Å². The summed E-state index contributed by atoms with van der Waals surface area (Å²) in [6.07, 6.45) is 0.0389. The van der Waals surface area contributed by atoms with Gasteiger partial charge < -0.3 is 20.5 Å². The number of carbonyl (C=O) groups is 1. The Bertz CT molecular complexity index is 310. The van der Waals surface area contributed by atoms with Crippen molar-refractivity contribution in [2.75, 3.05) is 0 Å². The molecule has 1 aromatic rings. The molecular weight excluding hydrogens is 174 g/mol. The zero-order chi connectivity index (χ0) is 10.0. The van der Waals surface area contributed by atoms with E-state index in [9.17, 15) is 9.90 Å². The lowest BCUT2D eigenvalue weighted by molar-refractivity contribution is -0.132. The molecular formula is C7H11N3O3. The molecule has 6 heteroatoms. The summed E-state index contributed by atoms with van der Waals surface area (Å²) in [6, 6.07) is 0. The molecule has 1 aromatic heterocycles. The van der Waals surface area contributed by atoms with Gasteiger partial charge in [-0.1, -0.05) is 0 Å². The van der Waals surface area contributed by atoms with Crippen LogP contribution in [0.25, 0.3) is 0 Å². The molecule has 72 valence electrons. The smallest absolute Gasteiger partial charge is 0.249 e. The molecule has 0 aromatic carbocycles. The van der Waals surface area contributed by atoms with Crippen LogP contribution in [0.3, 0.4) is 0 Å². The third kappa shape index (κ3) is 1.85. The van der Waals surface area contributed by atoms with Crippen molar-refractivity contribution in [1.29, 1.82) is 0 Å². The molecule has 0 saturated heterocycles. The summed E-state index contributed by atoms with van der Waals surface area (Å²) in [5, 5.41) is 18.5. The SMILES string of the molecule is Cn1ccnc1C(O)C(O)C(N)=O. The molecule has 2 atom stereocenters. The number of aliphatic hydroxyl groups is 2. The minimum absolute atomic E-state index is 0.200. The first-order valence-corrected chi connectivity index (χ1v) is 3.66. The van der Waals surface area contributed by atoms with Crippen LogP contribution in [0, 0.1) is 0 Å². The first kappa shape index (κ1) is 9.69. The predicted molar refractivity (Wildman–Crippen MR) is 43.4 cm³/mol. The standard InChI is InChI=1S/C7H11N3O3/c1-10-3-2-9-7(10)5(12)4(11)6(8)13/h2-5,11-12H,1H3,(H2,8,13). The van der Waals surface area contributed by atoms with E-state index in [0.29, 0.717) is 0 Å². The summed E-state index contributed by atoms with van der Waals surface area (Å²) in [7, 11) is 1.64. The van der Waals surface area contributed by atoms with Gasteiger partial charge in [0.05, 0.1) is 0 Å². The van der Waals surface area contributed by atoms with Gasteiger partial charge in [0.15, 0.2) is 6.10 Å². The van der Waals surface area contributed by atoms with Crippen LogP contribution < -0.4 is 5.73 Å². The second kappa shape index (κ2) is 3.55. The van der Waals surface area contributed by atoms with E-state index in [-0.39, 0.29) is 5.82 Å². The van der Waals surface area contributed by atoms with Gasteiger partial charge in [-0.2, -0.15) is 0 Å². The average molecular weight is 185 g/mol. The van der Waals surface area contributed by atoms with Gasteiger partial charge >= 0.3 is 0 Å². The minimum Gasteiger partial charge on any atom is -0.382 e. The number of primary amides is 1. The highest BCUT2D eigenvalue weighted by Crippen LogP contribution is 2.13. The third-order valence-electron chi connectivity index (χ3n) is 1.71. The van der Waals surface area contributed by atoms with Crippen molar-refractivity contribution in [2.45, 2.75) is 12.2 Å². The van der Waals surface area contributed by atoms with Gasteiger partial charge in [0.2, 0.25) is 5.91 Å². The van der Waals surface area contributed by atoms with Crippen LogP contribution in [0.1, 0.15) is 11.9 Å². The molecule has 0 saturated carbocycles. The molecule has 13 heavy (non-hydrogen) atoms. The van der Waals surface area contributed by atoms with Crippen LogP contribution in [-0.4, -0.2) is 31.8 Å². The lowest BCUT2D eigenvalue weighted by Gasteiger charge is -2.13. The van der Waals surface area contributed by atoms with E-state index in [1.54, 1.807) is 13.2 Å².